The van der Waals surface area contributed by atoms with Crippen molar-refractivity contribution in [1.82, 2.24) is 9.96 Å². The standard InChI is InChI=1S/C20H12O5.C13H20N2O5/c21-11-5-7-15-17(9-11)25-18-10-12(22)6-8-16(18)19(15)13-3-1-2-4-14(13)20(23)24;1-10(16)14(2)9-5-3-4-6-13(19)20-15-11(17)7-8-12(15)18/h1-10,21H,(H,23,24);3-9H2,1-2H3. The third-order valence-electron chi connectivity index (χ3n) is 7.21. The van der Waals surface area contributed by atoms with Crippen LogP contribution in [0.4, 0.5) is 0 Å². The number of phenolic OH excluding ortho intramolecular Hbond substituents is 1. The van der Waals surface area contributed by atoms with Crippen molar-refractivity contribution in [2.75, 3.05) is 13.6 Å². The Balaban J connectivity index is 0.000000211. The Hall–Kier alpha value is -5.52. The van der Waals surface area contributed by atoms with Crippen LogP contribution in [0.2, 0.25) is 0 Å². The number of carbonyl (C=O) groups is 5. The summed E-state index contributed by atoms with van der Waals surface area (Å²) in [5.41, 5.74) is 2.10. The first kappa shape index (κ1) is 32.4. The van der Waals surface area contributed by atoms with Crippen LogP contribution < -0.4 is 5.43 Å². The Morgan fingerprint density at radius 1 is 0.911 bits per heavy atom. The molecular formula is C33H32N2O10. The maximum absolute atomic E-state index is 11.7. The van der Waals surface area contributed by atoms with Crippen molar-refractivity contribution in [3.8, 4) is 28.2 Å². The Morgan fingerprint density at radius 3 is 2.31 bits per heavy atom. The minimum absolute atomic E-state index is 0.00969. The van der Waals surface area contributed by atoms with Crippen LogP contribution in [0, 0.1) is 0 Å². The van der Waals surface area contributed by atoms with Gasteiger partial charge in [-0.1, -0.05) is 24.6 Å². The van der Waals surface area contributed by atoms with Gasteiger partial charge in [0.25, 0.3) is 11.8 Å². The van der Waals surface area contributed by atoms with E-state index in [2.05, 4.69) is 0 Å². The van der Waals surface area contributed by atoms with Gasteiger partial charge >= 0.3 is 11.9 Å². The Labute approximate surface area is 257 Å². The number of benzene rings is 3. The maximum atomic E-state index is 11.7. The average molecular weight is 617 g/mol. The van der Waals surface area contributed by atoms with Gasteiger partial charge in [0, 0.05) is 68.4 Å². The molecule has 2 aromatic carbocycles. The number of hydrogen-bond donors (Lipinski definition) is 2. The minimum atomic E-state index is -1.04. The summed E-state index contributed by atoms with van der Waals surface area (Å²) in [6.07, 6.45) is 2.52. The monoisotopic (exact) mass is 616 g/mol. The highest BCUT2D eigenvalue weighted by Gasteiger charge is 2.32. The molecule has 2 heterocycles. The molecular weight excluding hydrogens is 584 g/mol. The number of aromatic hydroxyl groups is 1. The lowest BCUT2D eigenvalue weighted by Crippen LogP contribution is -2.31. The highest BCUT2D eigenvalue weighted by atomic mass is 16.7. The number of carboxylic acids is 1. The number of hydrogen-bond acceptors (Lipinski definition) is 9. The molecule has 2 aliphatic heterocycles. The SMILES string of the molecule is CC(=O)N(C)CCCCCC(=O)ON1C(=O)CCC1=O.O=C(O)c1ccccc1-c1c2ccc(=O)cc-2oc2cc(O)ccc12. The number of nitrogens with zero attached hydrogens (tertiary/aromatic N) is 2. The summed E-state index contributed by atoms with van der Waals surface area (Å²) in [4.78, 5) is 74.6. The van der Waals surface area contributed by atoms with Crippen LogP contribution >= 0.6 is 0 Å². The van der Waals surface area contributed by atoms with Gasteiger partial charge in [-0.15, -0.1) is 5.06 Å². The number of carboxylic acid groups (broad SMARTS) is 1. The zero-order chi connectivity index (χ0) is 32.7. The number of phenols is 1. The second-order valence-corrected chi connectivity index (χ2v) is 10.5. The number of unbranched alkanes of at least 4 members (excludes halogenated alkanes) is 2. The predicted octanol–water partition coefficient (Wildman–Crippen LogP) is 4.60. The molecule has 234 valence electrons. The van der Waals surface area contributed by atoms with Crippen molar-refractivity contribution >= 4 is 40.6 Å². The average Bonchev–Trinajstić information content (AvgIpc) is 3.31. The van der Waals surface area contributed by atoms with Crippen LogP contribution in [0.3, 0.4) is 0 Å². The molecule has 1 fully saturated rings. The molecule has 0 spiro atoms. The molecule has 3 aliphatic rings. The van der Waals surface area contributed by atoms with Crippen molar-refractivity contribution in [3.63, 3.8) is 0 Å². The lowest BCUT2D eigenvalue weighted by Gasteiger charge is -2.16. The molecule has 0 saturated carbocycles. The zero-order valence-electron chi connectivity index (χ0n) is 24.8. The van der Waals surface area contributed by atoms with E-state index >= 15 is 0 Å². The normalized spacial score (nSPS) is 12.6. The lowest BCUT2D eigenvalue weighted by atomic mass is 9.91. The Kier molecular flexibility index (Phi) is 10.3. The number of fused-ring (bicyclic) bond motifs is 2. The minimum Gasteiger partial charge on any atom is -0.508 e. The topological polar surface area (TPSA) is 172 Å². The highest BCUT2D eigenvalue weighted by Crippen LogP contribution is 2.41. The number of aromatic carboxylic acids is 1. The van der Waals surface area contributed by atoms with Crippen LogP contribution in [0.1, 0.15) is 55.8 Å². The molecule has 5 rings (SSSR count). The van der Waals surface area contributed by atoms with E-state index < -0.39 is 23.8 Å². The summed E-state index contributed by atoms with van der Waals surface area (Å²) in [7, 11) is 1.72. The second kappa shape index (κ2) is 14.3. The first-order valence-electron chi connectivity index (χ1n) is 14.3. The van der Waals surface area contributed by atoms with E-state index in [1.165, 1.54) is 37.3 Å². The van der Waals surface area contributed by atoms with Gasteiger partial charge in [-0.25, -0.2) is 9.59 Å². The van der Waals surface area contributed by atoms with Gasteiger partial charge in [-0.05, 0) is 48.7 Å². The molecule has 0 bridgehead atoms. The zero-order valence-corrected chi connectivity index (χ0v) is 24.8. The molecule has 45 heavy (non-hydrogen) atoms. The fraction of sp³-hybridized carbons (Fsp3) is 0.273. The van der Waals surface area contributed by atoms with Crippen molar-refractivity contribution in [3.05, 3.63) is 76.5 Å². The number of rotatable bonds is 9. The largest absolute Gasteiger partial charge is 0.508 e. The summed E-state index contributed by atoms with van der Waals surface area (Å²) < 4.78 is 5.76. The van der Waals surface area contributed by atoms with Crippen LogP contribution in [0.15, 0.2) is 69.9 Å². The molecule has 0 radical (unpaired) electrons. The number of carbonyl (C=O) groups excluding carboxylic acids is 4. The van der Waals surface area contributed by atoms with Crippen LogP contribution in [-0.2, 0) is 24.0 Å². The molecule has 0 unspecified atom stereocenters. The van der Waals surface area contributed by atoms with E-state index in [1.807, 2.05) is 0 Å². The van der Waals surface area contributed by atoms with E-state index in [4.69, 9.17) is 9.25 Å². The van der Waals surface area contributed by atoms with Gasteiger partial charge in [0.1, 0.15) is 17.1 Å². The first-order chi connectivity index (χ1) is 21.5. The highest BCUT2D eigenvalue weighted by molar-refractivity contribution is 6.07. The molecule has 1 aliphatic carbocycles. The molecule has 3 amide bonds. The molecule has 12 heteroatoms. The van der Waals surface area contributed by atoms with Gasteiger partial charge in [0.2, 0.25) is 5.91 Å². The Bertz CT molecular complexity index is 1780. The molecule has 2 aromatic rings. The third kappa shape index (κ3) is 7.91. The van der Waals surface area contributed by atoms with E-state index in [9.17, 15) is 39.0 Å². The second-order valence-electron chi connectivity index (χ2n) is 10.5. The van der Waals surface area contributed by atoms with Gasteiger partial charge in [-0.2, -0.15) is 0 Å². The maximum Gasteiger partial charge on any atom is 0.336 e. The van der Waals surface area contributed by atoms with Gasteiger partial charge < -0.3 is 24.4 Å². The lowest BCUT2D eigenvalue weighted by molar-refractivity contribution is -0.197. The first-order valence-corrected chi connectivity index (χ1v) is 14.3. The van der Waals surface area contributed by atoms with Gasteiger partial charge in [-0.3, -0.25) is 19.2 Å². The van der Waals surface area contributed by atoms with E-state index in [1.54, 1.807) is 42.3 Å². The number of amides is 3. The summed E-state index contributed by atoms with van der Waals surface area (Å²) >= 11 is 0. The fourth-order valence-corrected chi connectivity index (χ4v) is 4.79. The van der Waals surface area contributed by atoms with E-state index in [-0.39, 0.29) is 41.9 Å². The van der Waals surface area contributed by atoms with Crippen molar-refractivity contribution in [1.29, 1.82) is 0 Å². The van der Waals surface area contributed by atoms with Crippen molar-refractivity contribution < 1.29 is 43.4 Å². The summed E-state index contributed by atoms with van der Waals surface area (Å²) in [5, 5.41) is 20.5. The summed E-state index contributed by atoms with van der Waals surface area (Å²) in [6.45, 7) is 2.15. The Morgan fingerprint density at radius 2 is 1.62 bits per heavy atom. The molecule has 0 atom stereocenters. The quantitative estimate of drug-likeness (QED) is 0.154. The van der Waals surface area contributed by atoms with Gasteiger partial charge in [0.05, 0.1) is 5.56 Å². The smallest absolute Gasteiger partial charge is 0.336 e. The summed E-state index contributed by atoms with van der Waals surface area (Å²) in [5.74, 6) is -2.19. The third-order valence-corrected chi connectivity index (χ3v) is 7.21. The molecule has 2 N–H and O–H groups in total. The van der Waals surface area contributed by atoms with E-state index in [0.717, 1.165) is 12.8 Å². The molecule has 0 aromatic heterocycles. The van der Waals surface area contributed by atoms with Crippen molar-refractivity contribution in [2.24, 2.45) is 0 Å². The molecule has 1 saturated heterocycles. The fourth-order valence-electron chi connectivity index (χ4n) is 4.79. The summed E-state index contributed by atoms with van der Waals surface area (Å²) in [6, 6.07) is 15.7. The van der Waals surface area contributed by atoms with Crippen molar-refractivity contribution in [2.45, 2.75) is 45.4 Å². The van der Waals surface area contributed by atoms with Crippen LogP contribution in [0.25, 0.3) is 33.4 Å². The number of hydroxylamine groups is 2. The van der Waals surface area contributed by atoms with Crippen LogP contribution in [0.5, 0.6) is 5.75 Å². The molecule has 12 nitrogen and oxygen atoms in total. The van der Waals surface area contributed by atoms with Crippen LogP contribution in [-0.4, -0.2) is 63.4 Å². The predicted molar refractivity (Wildman–Crippen MR) is 162 cm³/mol. The van der Waals surface area contributed by atoms with E-state index in [0.29, 0.717) is 51.4 Å². The van der Waals surface area contributed by atoms with Gasteiger partial charge in [0.15, 0.2) is 5.43 Å². The number of imide groups is 1.